The molecule has 0 spiro atoms. The van der Waals surface area contributed by atoms with Gasteiger partial charge in [-0.05, 0) is 58.2 Å². The molecule has 0 fully saturated rings. The monoisotopic (exact) mass is 464 g/mol. The smallest absolute Gasteiger partial charge is 0.137 e. The summed E-state index contributed by atoms with van der Waals surface area (Å²) in [5.74, 6) is 0.494. The highest BCUT2D eigenvalue weighted by molar-refractivity contribution is 9.11. The van der Waals surface area contributed by atoms with E-state index in [4.69, 9.17) is 4.74 Å². The Bertz CT molecular complexity index is 643. The van der Waals surface area contributed by atoms with Crippen molar-refractivity contribution >= 4 is 47.8 Å². The molecule has 1 nitrogen and oxygen atoms in total. The first-order valence-corrected chi connectivity index (χ1v) is 8.37. The zero-order valence-corrected chi connectivity index (χ0v) is 15.6. The van der Waals surface area contributed by atoms with Crippen molar-refractivity contribution in [2.24, 2.45) is 0 Å². The van der Waals surface area contributed by atoms with Gasteiger partial charge in [0.05, 0.1) is 16.4 Å². The Morgan fingerprint density at radius 1 is 1.10 bits per heavy atom. The van der Waals surface area contributed by atoms with Gasteiger partial charge in [0.25, 0.3) is 0 Å². The first kappa shape index (κ1) is 16.0. The van der Waals surface area contributed by atoms with Crippen LogP contribution in [-0.4, -0.2) is 7.11 Å². The Balaban J connectivity index is 2.49. The molecule has 5 heteroatoms. The highest BCUT2D eigenvalue weighted by Crippen LogP contribution is 2.39. The third-order valence-electron chi connectivity index (χ3n) is 3.02. The summed E-state index contributed by atoms with van der Waals surface area (Å²) >= 11 is 10.3. The van der Waals surface area contributed by atoms with Gasteiger partial charge in [0.2, 0.25) is 0 Å². The number of halogens is 4. The number of benzene rings is 2. The van der Waals surface area contributed by atoms with Crippen LogP contribution in [0.5, 0.6) is 5.75 Å². The molecule has 0 heterocycles. The second kappa shape index (κ2) is 6.58. The zero-order chi connectivity index (χ0) is 14.9. The molecule has 0 saturated carbocycles. The van der Waals surface area contributed by atoms with E-state index in [0.29, 0.717) is 4.47 Å². The zero-order valence-electron chi connectivity index (χ0n) is 10.9. The highest BCUT2D eigenvalue weighted by atomic mass is 79.9. The quantitative estimate of drug-likeness (QED) is 0.493. The molecule has 106 valence electrons. The Morgan fingerprint density at radius 3 is 2.40 bits per heavy atom. The molecule has 0 bridgehead atoms. The molecule has 0 amide bonds. The molecular formula is C15H12Br3FO. The van der Waals surface area contributed by atoms with Crippen LogP contribution < -0.4 is 4.74 Å². The van der Waals surface area contributed by atoms with E-state index in [9.17, 15) is 4.39 Å². The summed E-state index contributed by atoms with van der Waals surface area (Å²) < 4.78 is 20.5. The van der Waals surface area contributed by atoms with Crippen molar-refractivity contribution in [2.45, 2.75) is 11.8 Å². The Morgan fingerprint density at radius 2 is 1.80 bits per heavy atom. The molecule has 0 N–H and O–H groups in total. The molecule has 0 saturated heterocycles. The van der Waals surface area contributed by atoms with Crippen LogP contribution in [0.1, 0.15) is 21.5 Å². The molecule has 0 aliphatic rings. The summed E-state index contributed by atoms with van der Waals surface area (Å²) in [7, 11) is 1.63. The number of hydrogen-bond donors (Lipinski definition) is 0. The lowest BCUT2D eigenvalue weighted by atomic mass is 10.0. The lowest BCUT2D eigenvalue weighted by molar-refractivity contribution is 0.410. The minimum absolute atomic E-state index is 0.142. The van der Waals surface area contributed by atoms with Gasteiger partial charge in [0.15, 0.2) is 0 Å². The van der Waals surface area contributed by atoms with Gasteiger partial charge < -0.3 is 4.74 Å². The minimum atomic E-state index is -0.280. The predicted molar refractivity (Wildman–Crippen MR) is 90.3 cm³/mol. The molecule has 0 aliphatic carbocycles. The Kier molecular flexibility index (Phi) is 5.26. The normalized spacial score (nSPS) is 12.3. The lowest BCUT2D eigenvalue weighted by Crippen LogP contribution is -1.99. The number of alkyl halides is 1. The van der Waals surface area contributed by atoms with Gasteiger partial charge >= 0.3 is 0 Å². The van der Waals surface area contributed by atoms with Crippen LogP contribution in [0.2, 0.25) is 0 Å². The molecule has 1 atom stereocenters. The standard InChI is InChI=1S/C15H12Br3FO/c1-8-5-14(20-2)10(7-12(8)17)15(18)9-3-4-11(16)13(19)6-9/h3-7,15H,1-2H3. The maximum atomic E-state index is 13.7. The first-order valence-electron chi connectivity index (χ1n) is 5.87. The number of hydrogen-bond acceptors (Lipinski definition) is 1. The van der Waals surface area contributed by atoms with Crippen LogP contribution in [0.15, 0.2) is 39.3 Å². The van der Waals surface area contributed by atoms with Gasteiger partial charge in [-0.1, -0.05) is 37.9 Å². The maximum absolute atomic E-state index is 13.7. The van der Waals surface area contributed by atoms with Crippen molar-refractivity contribution in [3.8, 4) is 5.75 Å². The largest absolute Gasteiger partial charge is 0.496 e. The Hall–Kier alpha value is -0.390. The summed E-state index contributed by atoms with van der Waals surface area (Å²) in [6, 6.07) is 9.04. The first-order chi connectivity index (χ1) is 9.43. The fraction of sp³-hybridized carbons (Fsp3) is 0.200. The van der Waals surface area contributed by atoms with Crippen LogP contribution >= 0.6 is 47.8 Å². The SMILES string of the molecule is COc1cc(C)c(Br)cc1C(Br)c1ccc(Br)c(F)c1. The maximum Gasteiger partial charge on any atom is 0.137 e. The third-order valence-corrected chi connectivity index (χ3v) is 5.54. The fourth-order valence-corrected chi connectivity index (χ4v) is 3.15. The van der Waals surface area contributed by atoms with Crippen LogP contribution in [0.3, 0.4) is 0 Å². The van der Waals surface area contributed by atoms with E-state index in [0.717, 1.165) is 26.9 Å². The summed E-state index contributed by atoms with van der Waals surface area (Å²) in [4.78, 5) is -0.142. The molecule has 0 aromatic heterocycles. The van der Waals surface area contributed by atoms with Crippen molar-refractivity contribution in [1.82, 2.24) is 0 Å². The molecule has 2 aromatic rings. The molecule has 1 unspecified atom stereocenters. The van der Waals surface area contributed by atoms with Crippen molar-refractivity contribution < 1.29 is 9.13 Å². The third kappa shape index (κ3) is 3.26. The average molecular weight is 467 g/mol. The van der Waals surface area contributed by atoms with E-state index in [-0.39, 0.29) is 10.6 Å². The van der Waals surface area contributed by atoms with Gasteiger partial charge in [-0.25, -0.2) is 4.39 Å². The van der Waals surface area contributed by atoms with Crippen molar-refractivity contribution in [3.05, 3.63) is 61.8 Å². The molecule has 20 heavy (non-hydrogen) atoms. The van der Waals surface area contributed by atoms with Crippen LogP contribution in [0, 0.1) is 12.7 Å². The van der Waals surface area contributed by atoms with E-state index in [1.807, 2.05) is 25.1 Å². The fourth-order valence-electron chi connectivity index (χ4n) is 1.89. The molecule has 2 rings (SSSR count). The van der Waals surface area contributed by atoms with Gasteiger partial charge in [0, 0.05) is 10.0 Å². The summed E-state index contributed by atoms with van der Waals surface area (Å²) in [6.45, 7) is 2.00. The van der Waals surface area contributed by atoms with E-state index in [1.54, 1.807) is 13.2 Å². The molecular weight excluding hydrogens is 455 g/mol. The van der Waals surface area contributed by atoms with E-state index in [2.05, 4.69) is 47.8 Å². The van der Waals surface area contributed by atoms with Gasteiger partial charge in [-0.15, -0.1) is 0 Å². The van der Waals surface area contributed by atoms with Gasteiger partial charge in [0.1, 0.15) is 11.6 Å². The van der Waals surface area contributed by atoms with Crippen LogP contribution in [0.25, 0.3) is 0 Å². The lowest BCUT2D eigenvalue weighted by Gasteiger charge is -2.17. The second-order valence-electron chi connectivity index (χ2n) is 4.38. The number of methoxy groups -OCH3 is 1. The predicted octanol–water partition coefficient (Wildman–Crippen LogP) is 6.15. The molecule has 0 aliphatic heterocycles. The number of rotatable bonds is 3. The average Bonchev–Trinajstić information content (AvgIpc) is 2.43. The van der Waals surface area contributed by atoms with Crippen molar-refractivity contribution in [3.63, 3.8) is 0 Å². The van der Waals surface area contributed by atoms with Crippen molar-refractivity contribution in [1.29, 1.82) is 0 Å². The van der Waals surface area contributed by atoms with Crippen molar-refractivity contribution in [2.75, 3.05) is 7.11 Å². The minimum Gasteiger partial charge on any atom is -0.496 e. The summed E-state index contributed by atoms with van der Waals surface area (Å²) in [5, 5.41) is 0. The highest BCUT2D eigenvalue weighted by Gasteiger charge is 2.18. The van der Waals surface area contributed by atoms with Crippen LogP contribution in [0.4, 0.5) is 4.39 Å². The number of aryl methyl sites for hydroxylation is 1. The summed E-state index contributed by atoms with van der Waals surface area (Å²) in [5.41, 5.74) is 2.87. The number of ether oxygens (including phenoxy) is 1. The topological polar surface area (TPSA) is 9.23 Å². The second-order valence-corrected chi connectivity index (χ2v) is 7.00. The van der Waals surface area contributed by atoms with Gasteiger partial charge in [-0.2, -0.15) is 0 Å². The van der Waals surface area contributed by atoms with Gasteiger partial charge in [-0.3, -0.25) is 0 Å². The van der Waals surface area contributed by atoms with E-state index >= 15 is 0 Å². The molecule has 2 aromatic carbocycles. The Labute approximate surface area is 142 Å². The van der Waals surface area contributed by atoms with Crippen LogP contribution in [-0.2, 0) is 0 Å². The van der Waals surface area contributed by atoms with E-state index < -0.39 is 0 Å². The summed E-state index contributed by atoms with van der Waals surface area (Å²) in [6.07, 6.45) is 0. The molecule has 0 radical (unpaired) electrons. The van der Waals surface area contributed by atoms with E-state index in [1.165, 1.54) is 6.07 Å².